The van der Waals surface area contributed by atoms with Crippen molar-refractivity contribution in [3.8, 4) is 34.5 Å². The standard InChI is InChI=1S/C42H51NO6/c1-3-5-7-9-10-11-12-13-14-16-26-47-35-22-24-38-40(30-35)49-41(43-38)37-23-21-36(29-39(37)44)48-42(45)33-18-17-32-28-34(20-19-31(32)27-33)46-25-15-8-6-4-2/h17-24,27-30,44H,3-16,25-26H2,1-2H3. The summed E-state index contributed by atoms with van der Waals surface area (Å²) in [6, 6.07) is 21.5. The first-order valence-corrected chi connectivity index (χ1v) is 18.3. The van der Waals surface area contributed by atoms with Gasteiger partial charge in [-0.3, -0.25) is 0 Å². The minimum absolute atomic E-state index is 0.102. The van der Waals surface area contributed by atoms with Gasteiger partial charge in [0.25, 0.3) is 0 Å². The quantitative estimate of drug-likeness (QED) is 0.0474. The number of aromatic hydroxyl groups is 1. The van der Waals surface area contributed by atoms with Gasteiger partial charge in [-0.15, -0.1) is 0 Å². The number of esters is 1. The summed E-state index contributed by atoms with van der Waals surface area (Å²) in [5, 5.41) is 12.7. The van der Waals surface area contributed by atoms with E-state index in [1.807, 2.05) is 42.5 Å². The Labute approximate surface area is 290 Å². The predicted molar refractivity (Wildman–Crippen MR) is 197 cm³/mol. The number of phenolic OH excluding ortho intramolecular Hbond substituents is 1. The molecule has 0 bridgehead atoms. The van der Waals surface area contributed by atoms with Crippen LogP contribution in [0.2, 0.25) is 0 Å². The number of phenols is 1. The van der Waals surface area contributed by atoms with E-state index in [9.17, 15) is 9.90 Å². The normalized spacial score (nSPS) is 11.3. The number of hydrogen-bond acceptors (Lipinski definition) is 7. The zero-order valence-corrected chi connectivity index (χ0v) is 29.2. The van der Waals surface area contributed by atoms with Gasteiger partial charge in [-0.1, -0.05) is 103 Å². The summed E-state index contributed by atoms with van der Waals surface area (Å²) in [5.74, 6) is 1.43. The zero-order valence-electron chi connectivity index (χ0n) is 29.2. The summed E-state index contributed by atoms with van der Waals surface area (Å²) in [6.45, 7) is 5.81. The number of aromatic nitrogens is 1. The second-order valence-electron chi connectivity index (χ2n) is 12.9. The van der Waals surface area contributed by atoms with Crippen LogP contribution in [0.4, 0.5) is 0 Å². The zero-order chi connectivity index (χ0) is 34.3. The smallest absolute Gasteiger partial charge is 0.343 e. The van der Waals surface area contributed by atoms with Crippen LogP contribution < -0.4 is 14.2 Å². The molecule has 1 aromatic heterocycles. The van der Waals surface area contributed by atoms with Crippen LogP contribution in [-0.2, 0) is 0 Å². The van der Waals surface area contributed by atoms with Crippen molar-refractivity contribution in [2.75, 3.05) is 13.2 Å². The molecule has 5 aromatic rings. The number of carbonyl (C=O) groups excluding carboxylic acids is 1. The van der Waals surface area contributed by atoms with E-state index in [0.29, 0.717) is 35.4 Å². The molecule has 4 aromatic carbocycles. The number of fused-ring (bicyclic) bond motifs is 2. The third-order valence-electron chi connectivity index (χ3n) is 8.85. The summed E-state index contributed by atoms with van der Waals surface area (Å²) >= 11 is 0. The maximum Gasteiger partial charge on any atom is 0.343 e. The van der Waals surface area contributed by atoms with Gasteiger partial charge in [0, 0.05) is 12.1 Å². The van der Waals surface area contributed by atoms with Crippen LogP contribution in [0.15, 0.2) is 77.2 Å². The number of unbranched alkanes of at least 4 members (excludes halogenated alkanes) is 12. The molecule has 0 saturated carbocycles. The van der Waals surface area contributed by atoms with E-state index in [1.165, 1.54) is 83.1 Å². The van der Waals surface area contributed by atoms with Gasteiger partial charge in [0.2, 0.25) is 5.89 Å². The molecule has 0 aliphatic heterocycles. The molecule has 0 fully saturated rings. The first kappa shape index (κ1) is 35.8. The number of hydrogen-bond donors (Lipinski definition) is 1. The molecule has 1 N–H and O–H groups in total. The van der Waals surface area contributed by atoms with Crippen molar-refractivity contribution in [1.82, 2.24) is 4.98 Å². The number of oxazole rings is 1. The van der Waals surface area contributed by atoms with Gasteiger partial charge in [0.05, 0.1) is 24.3 Å². The van der Waals surface area contributed by atoms with Gasteiger partial charge in [0.15, 0.2) is 5.58 Å². The summed E-state index contributed by atoms with van der Waals surface area (Å²) in [5.41, 5.74) is 2.05. The summed E-state index contributed by atoms with van der Waals surface area (Å²) in [7, 11) is 0. The lowest BCUT2D eigenvalue weighted by molar-refractivity contribution is 0.0734. The molecule has 0 unspecified atom stereocenters. The highest BCUT2D eigenvalue weighted by Crippen LogP contribution is 2.35. The fourth-order valence-corrected chi connectivity index (χ4v) is 5.97. The molecule has 0 radical (unpaired) electrons. The molecule has 0 saturated heterocycles. The molecule has 260 valence electrons. The fourth-order valence-electron chi connectivity index (χ4n) is 5.97. The molecule has 0 aliphatic rings. The lowest BCUT2D eigenvalue weighted by Crippen LogP contribution is -2.08. The van der Waals surface area contributed by atoms with Crippen LogP contribution in [-0.4, -0.2) is 29.3 Å². The Morgan fingerprint density at radius 3 is 1.90 bits per heavy atom. The van der Waals surface area contributed by atoms with E-state index in [2.05, 4.69) is 18.8 Å². The molecule has 7 nitrogen and oxygen atoms in total. The fraction of sp³-hybridized carbons (Fsp3) is 0.429. The third kappa shape index (κ3) is 10.7. The second-order valence-corrected chi connectivity index (χ2v) is 12.9. The molecular formula is C42H51NO6. The van der Waals surface area contributed by atoms with Crippen molar-refractivity contribution in [3.63, 3.8) is 0 Å². The molecule has 0 spiro atoms. The van der Waals surface area contributed by atoms with Gasteiger partial charge < -0.3 is 23.7 Å². The van der Waals surface area contributed by atoms with Crippen LogP contribution >= 0.6 is 0 Å². The summed E-state index contributed by atoms with van der Waals surface area (Å²) < 4.78 is 23.5. The minimum atomic E-state index is -0.516. The van der Waals surface area contributed by atoms with Gasteiger partial charge in [-0.05, 0) is 72.1 Å². The Kier molecular flexibility index (Phi) is 13.8. The third-order valence-corrected chi connectivity index (χ3v) is 8.85. The molecule has 7 heteroatoms. The molecule has 0 aliphatic carbocycles. The van der Waals surface area contributed by atoms with Gasteiger partial charge >= 0.3 is 5.97 Å². The highest BCUT2D eigenvalue weighted by atomic mass is 16.5. The Balaban J connectivity index is 1.11. The minimum Gasteiger partial charge on any atom is -0.507 e. The van der Waals surface area contributed by atoms with Crippen molar-refractivity contribution in [2.24, 2.45) is 0 Å². The lowest BCUT2D eigenvalue weighted by Gasteiger charge is -2.09. The Morgan fingerprint density at radius 2 is 1.20 bits per heavy atom. The molecular weight excluding hydrogens is 614 g/mol. The number of rotatable bonds is 21. The van der Waals surface area contributed by atoms with Crippen molar-refractivity contribution < 1.29 is 28.5 Å². The topological polar surface area (TPSA) is 91.0 Å². The number of benzene rings is 4. The lowest BCUT2D eigenvalue weighted by atomic mass is 10.1. The van der Waals surface area contributed by atoms with Crippen LogP contribution in [0.1, 0.15) is 114 Å². The van der Waals surface area contributed by atoms with E-state index in [0.717, 1.165) is 35.1 Å². The summed E-state index contributed by atoms with van der Waals surface area (Å²) in [6.07, 6.45) is 17.5. The first-order valence-electron chi connectivity index (χ1n) is 18.3. The highest BCUT2D eigenvalue weighted by Gasteiger charge is 2.16. The molecule has 49 heavy (non-hydrogen) atoms. The van der Waals surface area contributed by atoms with Gasteiger partial charge in [-0.25, -0.2) is 9.78 Å². The summed E-state index contributed by atoms with van der Waals surface area (Å²) in [4.78, 5) is 17.5. The number of carbonyl (C=O) groups is 1. The van der Waals surface area contributed by atoms with Crippen molar-refractivity contribution in [3.05, 3.63) is 78.4 Å². The SMILES string of the molecule is CCCCCCCCCCCCOc1ccc2nc(-c3ccc(OC(=O)c4ccc5cc(OCCCCCC)ccc5c4)cc3O)oc2c1. The average molecular weight is 666 g/mol. The largest absolute Gasteiger partial charge is 0.507 e. The van der Waals surface area contributed by atoms with Crippen LogP contribution in [0, 0.1) is 0 Å². The Hall–Kier alpha value is -4.52. The van der Waals surface area contributed by atoms with Gasteiger partial charge in [-0.2, -0.15) is 0 Å². The van der Waals surface area contributed by atoms with Gasteiger partial charge in [0.1, 0.15) is 28.5 Å². The van der Waals surface area contributed by atoms with Crippen LogP contribution in [0.3, 0.4) is 0 Å². The number of ether oxygens (including phenoxy) is 3. The van der Waals surface area contributed by atoms with Crippen LogP contribution in [0.5, 0.6) is 23.0 Å². The van der Waals surface area contributed by atoms with E-state index in [4.69, 9.17) is 18.6 Å². The van der Waals surface area contributed by atoms with E-state index < -0.39 is 5.97 Å². The average Bonchev–Trinajstić information content (AvgIpc) is 3.53. The number of nitrogens with zero attached hydrogens (tertiary/aromatic N) is 1. The molecule has 1 heterocycles. The maximum atomic E-state index is 13.0. The predicted octanol–water partition coefficient (Wildman–Crippen LogP) is 11.8. The molecule has 5 rings (SSSR count). The van der Waals surface area contributed by atoms with E-state index >= 15 is 0 Å². The van der Waals surface area contributed by atoms with Crippen molar-refractivity contribution >= 4 is 27.8 Å². The van der Waals surface area contributed by atoms with E-state index in [-0.39, 0.29) is 17.4 Å². The first-order chi connectivity index (χ1) is 24.0. The second kappa shape index (κ2) is 18.9. The Morgan fingerprint density at radius 1 is 0.633 bits per heavy atom. The van der Waals surface area contributed by atoms with E-state index in [1.54, 1.807) is 24.3 Å². The molecule has 0 amide bonds. The molecule has 0 atom stereocenters. The highest BCUT2D eigenvalue weighted by molar-refractivity contribution is 5.96. The maximum absolute atomic E-state index is 13.0. The monoisotopic (exact) mass is 665 g/mol. The van der Waals surface area contributed by atoms with Crippen molar-refractivity contribution in [1.29, 1.82) is 0 Å². The Bertz CT molecular complexity index is 1780. The van der Waals surface area contributed by atoms with Crippen molar-refractivity contribution in [2.45, 2.75) is 104 Å². The van der Waals surface area contributed by atoms with Crippen LogP contribution in [0.25, 0.3) is 33.3 Å².